The van der Waals surface area contributed by atoms with Gasteiger partial charge in [0, 0.05) is 6.42 Å². The SMILES string of the molecule is CCCCCCCCCCCCCCCCCCCCCCC/C=C/CC/C=C/CC/C=C/C(O)C(COC1OC(CO)C(O)C(O)C1O)NC(=O)CCCCCCCCCCCCCCCCCCCCCCCCCCCCCCC. The fraction of sp³-hybridized carbons (Fsp3) is 0.905. The van der Waals surface area contributed by atoms with Crippen molar-refractivity contribution in [2.24, 2.45) is 0 Å². The Morgan fingerprint density at radius 2 is 0.687 bits per heavy atom. The summed E-state index contributed by atoms with van der Waals surface area (Å²) in [6, 6.07) is -0.828. The van der Waals surface area contributed by atoms with Crippen LogP contribution in [0.5, 0.6) is 0 Å². The fourth-order valence-corrected chi connectivity index (χ4v) is 12.0. The van der Waals surface area contributed by atoms with E-state index in [-0.39, 0.29) is 12.5 Å². The molecule has 1 rings (SSSR count). The molecular weight excluding hydrogens is 1030 g/mol. The summed E-state index contributed by atoms with van der Waals surface area (Å²) in [5.74, 6) is -0.183. The normalized spacial score (nSPS) is 18.4. The summed E-state index contributed by atoms with van der Waals surface area (Å²) >= 11 is 0. The molecule has 83 heavy (non-hydrogen) atoms. The summed E-state index contributed by atoms with van der Waals surface area (Å²) in [7, 11) is 0. The number of aliphatic hydroxyl groups is 5. The highest BCUT2D eigenvalue weighted by Crippen LogP contribution is 2.24. The Balaban J connectivity index is 2.14. The molecule has 0 aromatic heterocycles. The number of hydrogen-bond acceptors (Lipinski definition) is 8. The second-order valence-electron chi connectivity index (χ2n) is 25.7. The molecule has 1 fully saturated rings. The summed E-state index contributed by atoms with van der Waals surface area (Å²) < 4.78 is 11.3. The third-order valence-electron chi connectivity index (χ3n) is 17.7. The van der Waals surface area contributed by atoms with Gasteiger partial charge in [-0.3, -0.25) is 4.79 Å². The largest absolute Gasteiger partial charge is 0.394 e. The van der Waals surface area contributed by atoms with Gasteiger partial charge in [0.05, 0.1) is 25.4 Å². The van der Waals surface area contributed by atoms with E-state index in [0.29, 0.717) is 6.42 Å². The van der Waals surface area contributed by atoms with Crippen molar-refractivity contribution in [3.63, 3.8) is 0 Å². The predicted molar refractivity (Wildman–Crippen MR) is 355 cm³/mol. The number of carbonyl (C=O) groups excluding carboxylic acids is 1. The summed E-state index contributed by atoms with van der Waals surface area (Å²) in [5.41, 5.74) is 0. The Labute approximate surface area is 514 Å². The number of rotatable bonds is 65. The molecule has 9 heteroatoms. The summed E-state index contributed by atoms with van der Waals surface area (Å²) in [6.45, 7) is 3.82. The van der Waals surface area contributed by atoms with Gasteiger partial charge in [0.2, 0.25) is 5.91 Å². The zero-order valence-corrected chi connectivity index (χ0v) is 55.0. The lowest BCUT2D eigenvalue weighted by Gasteiger charge is -2.40. The minimum Gasteiger partial charge on any atom is -0.394 e. The molecule has 1 saturated heterocycles. The monoisotopic (exact) mass is 1170 g/mol. The first-order valence-corrected chi connectivity index (χ1v) is 36.7. The Hall–Kier alpha value is -1.59. The average Bonchev–Trinajstić information content (AvgIpc) is 3.50. The third kappa shape index (κ3) is 52.1. The molecule has 7 unspecified atom stereocenters. The predicted octanol–water partition coefficient (Wildman–Crippen LogP) is 20.2. The minimum absolute atomic E-state index is 0.183. The molecule has 0 aromatic carbocycles. The zero-order chi connectivity index (χ0) is 60.0. The standard InChI is InChI=1S/C74H141NO8/c1-3-5-7-9-11-13-15-17-19-21-23-25-27-29-31-33-34-36-37-39-41-43-45-47-49-51-53-55-57-59-61-63-68(77)67(66-82-74-73(81)72(80)71(79)69(65-76)83-74)75-70(78)64-62-60-58-56-54-52-50-48-46-44-42-40-38-35-32-30-28-26-24-22-20-18-16-14-12-10-8-6-4-2/h45,47,53,55,61,63,67-69,71-74,76-77,79-81H,3-44,46,48-52,54,56-60,62,64-66H2,1-2H3,(H,75,78)/b47-45+,55-53+,63-61+. The Morgan fingerprint density at radius 3 is 1.01 bits per heavy atom. The van der Waals surface area contributed by atoms with Crippen molar-refractivity contribution in [3.05, 3.63) is 36.5 Å². The first kappa shape index (κ1) is 79.4. The van der Waals surface area contributed by atoms with E-state index in [2.05, 4.69) is 43.5 Å². The second-order valence-corrected chi connectivity index (χ2v) is 25.7. The van der Waals surface area contributed by atoms with Crippen molar-refractivity contribution in [2.45, 2.75) is 416 Å². The van der Waals surface area contributed by atoms with E-state index in [1.165, 1.54) is 308 Å². The van der Waals surface area contributed by atoms with Crippen LogP contribution in [0.2, 0.25) is 0 Å². The lowest BCUT2D eigenvalue weighted by atomic mass is 9.99. The molecule has 7 atom stereocenters. The van der Waals surface area contributed by atoms with Crippen molar-refractivity contribution in [3.8, 4) is 0 Å². The molecule has 1 aliphatic rings. The molecule has 0 aliphatic carbocycles. The van der Waals surface area contributed by atoms with E-state index in [1.807, 2.05) is 6.08 Å². The number of unbranched alkanes of at least 4 members (excludes halogenated alkanes) is 51. The van der Waals surface area contributed by atoms with Crippen molar-refractivity contribution < 1.29 is 39.8 Å². The van der Waals surface area contributed by atoms with Crippen LogP contribution in [0.25, 0.3) is 0 Å². The molecule has 1 amide bonds. The van der Waals surface area contributed by atoms with Crippen LogP contribution in [-0.2, 0) is 14.3 Å². The maximum Gasteiger partial charge on any atom is 0.220 e. The van der Waals surface area contributed by atoms with Crippen molar-refractivity contribution >= 4 is 5.91 Å². The van der Waals surface area contributed by atoms with Crippen molar-refractivity contribution in [1.29, 1.82) is 0 Å². The van der Waals surface area contributed by atoms with Crippen LogP contribution in [0, 0.1) is 0 Å². The van der Waals surface area contributed by atoms with Crippen molar-refractivity contribution in [1.82, 2.24) is 5.32 Å². The van der Waals surface area contributed by atoms with Gasteiger partial charge in [0.1, 0.15) is 24.4 Å². The molecular formula is C74H141NO8. The van der Waals surface area contributed by atoms with Crippen molar-refractivity contribution in [2.75, 3.05) is 13.2 Å². The number of hydrogen-bond donors (Lipinski definition) is 6. The molecule has 0 aromatic rings. The first-order chi connectivity index (χ1) is 40.8. The van der Waals surface area contributed by atoms with Crippen LogP contribution in [0.1, 0.15) is 373 Å². The van der Waals surface area contributed by atoms with Crippen LogP contribution in [0.3, 0.4) is 0 Å². The van der Waals surface area contributed by atoms with E-state index in [4.69, 9.17) is 9.47 Å². The average molecular weight is 1170 g/mol. The molecule has 1 aliphatic heterocycles. The highest BCUT2D eigenvalue weighted by atomic mass is 16.7. The summed E-state index contributed by atoms with van der Waals surface area (Å²) in [4.78, 5) is 13.1. The quantitative estimate of drug-likeness (QED) is 0.0261. The van der Waals surface area contributed by atoms with Crippen LogP contribution < -0.4 is 5.32 Å². The molecule has 0 bridgehead atoms. The van der Waals surface area contributed by atoms with E-state index in [0.717, 1.165) is 44.9 Å². The highest BCUT2D eigenvalue weighted by Gasteiger charge is 2.44. The molecule has 0 radical (unpaired) electrons. The summed E-state index contributed by atoms with van der Waals surface area (Å²) in [5, 5.41) is 54.8. The number of amides is 1. The van der Waals surface area contributed by atoms with Gasteiger partial charge in [-0.2, -0.15) is 0 Å². The lowest BCUT2D eigenvalue weighted by molar-refractivity contribution is -0.302. The number of allylic oxidation sites excluding steroid dienone is 5. The Morgan fingerprint density at radius 1 is 0.398 bits per heavy atom. The van der Waals surface area contributed by atoms with Gasteiger partial charge in [0.25, 0.3) is 0 Å². The van der Waals surface area contributed by atoms with E-state index < -0.39 is 49.5 Å². The first-order valence-electron chi connectivity index (χ1n) is 36.7. The highest BCUT2D eigenvalue weighted by molar-refractivity contribution is 5.76. The third-order valence-corrected chi connectivity index (χ3v) is 17.7. The molecule has 1 heterocycles. The molecule has 9 nitrogen and oxygen atoms in total. The molecule has 0 saturated carbocycles. The maximum atomic E-state index is 13.1. The van der Waals surface area contributed by atoms with Gasteiger partial charge >= 0.3 is 0 Å². The number of aliphatic hydroxyl groups excluding tert-OH is 5. The molecule has 0 spiro atoms. The van der Waals surface area contributed by atoms with Crippen LogP contribution in [0.15, 0.2) is 36.5 Å². The van der Waals surface area contributed by atoms with E-state index in [1.54, 1.807) is 6.08 Å². The van der Waals surface area contributed by atoms with Gasteiger partial charge in [-0.1, -0.05) is 359 Å². The minimum atomic E-state index is -1.58. The van der Waals surface area contributed by atoms with Crippen LogP contribution >= 0.6 is 0 Å². The summed E-state index contributed by atoms with van der Waals surface area (Å²) in [6.07, 6.45) is 78.5. The second kappa shape index (κ2) is 63.4. The molecule has 6 N–H and O–H groups in total. The zero-order valence-electron chi connectivity index (χ0n) is 55.0. The fourth-order valence-electron chi connectivity index (χ4n) is 12.0. The lowest BCUT2D eigenvalue weighted by Crippen LogP contribution is -2.60. The maximum absolute atomic E-state index is 13.1. The molecule has 490 valence electrons. The topological polar surface area (TPSA) is 149 Å². The van der Waals surface area contributed by atoms with E-state index >= 15 is 0 Å². The van der Waals surface area contributed by atoms with E-state index in [9.17, 15) is 30.3 Å². The smallest absolute Gasteiger partial charge is 0.220 e. The van der Waals surface area contributed by atoms with Crippen LogP contribution in [0.4, 0.5) is 0 Å². The van der Waals surface area contributed by atoms with Crippen LogP contribution in [-0.4, -0.2) is 87.5 Å². The number of carbonyl (C=O) groups is 1. The Bertz CT molecular complexity index is 1410. The number of nitrogens with one attached hydrogen (secondary N) is 1. The van der Waals surface area contributed by atoms with Gasteiger partial charge in [-0.15, -0.1) is 0 Å². The van der Waals surface area contributed by atoms with Gasteiger partial charge in [-0.25, -0.2) is 0 Å². The number of ether oxygens (including phenoxy) is 2. The van der Waals surface area contributed by atoms with Gasteiger partial charge in [0.15, 0.2) is 6.29 Å². The Kier molecular flexibility index (Phi) is 60.7. The van der Waals surface area contributed by atoms with Gasteiger partial charge in [-0.05, 0) is 44.9 Å². The van der Waals surface area contributed by atoms with Gasteiger partial charge < -0.3 is 40.3 Å².